The Kier molecular flexibility index (Phi) is 6.31. The van der Waals surface area contributed by atoms with Crippen LogP contribution in [0.15, 0.2) is 48.5 Å². The fraction of sp³-hybridized carbons (Fsp3) is 0.455. The third-order valence-electron chi connectivity index (χ3n) is 4.92. The molecule has 0 aromatic heterocycles. The molecule has 1 N–H and O–H groups in total. The van der Waals surface area contributed by atoms with Gasteiger partial charge in [0, 0.05) is 18.2 Å². The molecule has 0 unspecified atom stereocenters. The minimum Gasteiger partial charge on any atom is -0.489 e. The van der Waals surface area contributed by atoms with Crippen LogP contribution in [0.5, 0.6) is 5.75 Å². The van der Waals surface area contributed by atoms with Gasteiger partial charge in [0.05, 0.1) is 0 Å². The first-order valence-electron chi connectivity index (χ1n) is 9.31. The zero-order chi connectivity index (χ0) is 16.6. The lowest BCUT2D eigenvalue weighted by Crippen LogP contribution is -2.28. The highest BCUT2D eigenvalue weighted by atomic mass is 16.5. The summed E-state index contributed by atoms with van der Waals surface area (Å²) in [5.74, 6) is 0.999. The van der Waals surface area contributed by atoms with Crippen molar-refractivity contribution in [3.8, 4) is 5.75 Å². The summed E-state index contributed by atoms with van der Waals surface area (Å²) >= 11 is 0. The molecular weight excluding hydrogens is 294 g/mol. The molecule has 0 atom stereocenters. The summed E-state index contributed by atoms with van der Waals surface area (Å²) < 4.78 is 6.09. The van der Waals surface area contributed by atoms with Crippen LogP contribution < -0.4 is 10.1 Å². The van der Waals surface area contributed by atoms with E-state index in [9.17, 15) is 0 Å². The lowest BCUT2D eigenvalue weighted by atomic mass is 10.1. The molecule has 0 radical (unpaired) electrons. The summed E-state index contributed by atoms with van der Waals surface area (Å²) in [5, 5.41) is 3.74. The maximum atomic E-state index is 6.09. The highest BCUT2D eigenvalue weighted by molar-refractivity contribution is 5.33. The maximum absolute atomic E-state index is 6.09. The molecule has 0 heterocycles. The van der Waals surface area contributed by atoms with Crippen molar-refractivity contribution in [2.24, 2.45) is 0 Å². The average Bonchev–Trinajstić information content (AvgIpc) is 2.89. The van der Waals surface area contributed by atoms with Gasteiger partial charge in [0.1, 0.15) is 12.4 Å². The van der Waals surface area contributed by atoms with Crippen molar-refractivity contribution >= 4 is 0 Å². The number of hydrogen-bond acceptors (Lipinski definition) is 2. The Morgan fingerprint density at radius 3 is 2.38 bits per heavy atom. The Hall–Kier alpha value is -1.80. The SMILES string of the molecule is Cc1ccc(COc2ccccc2CNC2CCCCCC2)cc1. The van der Waals surface area contributed by atoms with Gasteiger partial charge >= 0.3 is 0 Å². The normalized spacial score (nSPS) is 15.9. The molecule has 1 saturated carbocycles. The van der Waals surface area contributed by atoms with Crippen LogP contribution in [0.3, 0.4) is 0 Å². The van der Waals surface area contributed by atoms with Crippen molar-refractivity contribution in [3.05, 3.63) is 65.2 Å². The molecule has 0 amide bonds. The third kappa shape index (κ3) is 5.10. The van der Waals surface area contributed by atoms with Crippen LogP contribution in [-0.4, -0.2) is 6.04 Å². The quantitative estimate of drug-likeness (QED) is 0.720. The second kappa shape index (κ2) is 8.89. The van der Waals surface area contributed by atoms with Crippen molar-refractivity contribution in [2.45, 2.75) is 64.6 Å². The second-order valence-electron chi connectivity index (χ2n) is 6.95. The number of rotatable bonds is 6. The molecule has 2 aromatic carbocycles. The molecule has 0 saturated heterocycles. The highest BCUT2D eigenvalue weighted by Gasteiger charge is 2.12. The molecule has 2 heteroatoms. The molecule has 2 nitrogen and oxygen atoms in total. The molecule has 0 bridgehead atoms. The molecule has 0 spiro atoms. The lowest BCUT2D eigenvalue weighted by Gasteiger charge is -2.18. The number of para-hydroxylation sites is 1. The van der Waals surface area contributed by atoms with Crippen LogP contribution in [0.4, 0.5) is 0 Å². The Morgan fingerprint density at radius 2 is 1.62 bits per heavy atom. The number of aryl methyl sites for hydroxylation is 1. The molecule has 128 valence electrons. The topological polar surface area (TPSA) is 21.3 Å². The smallest absolute Gasteiger partial charge is 0.124 e. The molecule has 0 aliphatic heterocycles. The average molecular weight is 323 g/mol. The summed E-state index contributed by atoms with van der Waals surface area (Å²) in [7, 11) is 0. The largest absolute Gasteiger partial charge is 0.489 e. The minimum absolute atomic E-state index is 0.626. The first kappa shape index (κ1) is 17.0. The Labute approximate surface area is 146 Å². The van der Waals surface area contributed by atoms with Crippen LogP contribution in [0.1, 0.15) is 55.2 Å². The standard InChI is InChI=1S/C22H29NO/c1-18-12-14-19(15-13-18)17-24-22-11-7-6-8-20(22)16-23-21-9-4-2-3-5-10-21/h6-8,11-15,21,23H,2-5,9-10,16-17H2,1H3. The zero-order valence-corrected chi connectivity index (χ0v) is 14.8. The molecule has 1 fully saturated rings. The Bertz CT molecular complexity index is 612. The fourth-order valence-electron chi connectivity index (χ4n) is 3.37. The van der Waals surface area contributed by atoms with Gasteiger partial charge < -0.3 is 10.1 Å². The van der Waals surface area contributed by atoms with Crippen molar-refractivity contribution in [1.29, 1.82) is 0 Å². The van der Waals surface area contributed by atoms with E-state index in [2.05, 4.69) is 60.8 Å². The van der Waals surface area contributed by atoms with Crippen LogP contribution in [-0.2, 0) is 13.2 Å². The fourth-order valence-corrected chi connectivity index (χ4v) is 3.37. The molecule has 1 aliphatic rings. The van der Waals surface area contributed by atoms with Crippen LogP contribution in [0, 0.1) is 6.92 Å². The number of hydrogen-bond donors (Lipinski definition) is 1. The van der Waals surface area contributed by atoms with Crippen LogP contribution in [0.2, 0.25) is 0 Å². The van der Waals surface area contributed by atoms with E-state index in [1.165, 1.54) is 55.2 Å². The number of ether oxygens (including phenoxy) is 1. The van der Waals surface area contributed by atoms with E-state index in [1.807, 2.05) is 0 Å². The van der Waals surface area contributed by atoms with Gasteiger partial charge in [0.2, 0.25) is 0 Å². The van der Waals surface area contributed by atoms with Crippen molar-refractivity contribution in [2.75, 3.05) is 0 Å². The first-order valence-corrected chi connectivity index (χ1v) is 9.31. The van der Waals surface area contributed by atoms with E-state index in [4.69, 9.17) is 4.74 Å². The third-order valence-corrected chi connectivity index (χ3v) is 4.92. The van der Waals surface area contributed by atoms with E-state index < -0.39 is 0 Å². The summed E-state index contributed by atoms with van der Waals surface area (Å²) in [4.78, 5) is 0. The first-order chi connectivity index (χ1) is 11.8. The molecule has 1 aliphatic carbocycles. The Morgan fingerprint density at radius 1 is 0.917 bits per heavy atom. The predicted octanol–water partition coefficient (Wildman–Crippen LogP) is 5.39. The van der Waals surface area contributed by atoms with Crippen LogP contribution >= 0.6 is 0 Å². The van der Waals surface area contributed by atoms with E-state index in [-0.39, 0.29) is 0 Å². The molecule has 2 aromatic rings. The maximum Gasteiger partial charge on any atom is 0.124 e. The molecule has 3 rings (SSSR count). The van der Waals surface area contributed by atoms with Crippen LogP contribution in [0.25, 0.3) is 0 Å². The van der Waals surface area contributed by atoms with Gasteiger partial charge in [0.15, 0.2) is 0 Å². The predicted molar refractivity (Wildman–Crippen MR) is 100 cm³/mol. The summed E-state index contributed by atoms with van der Waals surface area (Å²) in [6.07, 6.45) is 8.15. The van der Waals surface area contributed by atoms with E-state index in [0.717, 1.165) is 12.3 Å². The summed E-state index contributed by atoms with van der Waals surface area (Å²) in [5.41, 5.74) is 3.76. The number of benzene rings is 2. The Balaban J connectivity index is 1.56. The van der Waals surface area contributed by atoms with E-state index >= 15 is 0 Å². The minimum atomic E-state index is 0.626. The van der Waals surface area contributed by atoms with E-state index in [0.29, 0.717) is 12.6 Å². The number of nitrogens with one attached hydrogen (secondary N) is 1. The zero-order valence-electron chi connectivity index (χ0n) is 14.8. The molecular formula is C22H29NO. The van der Waals surface area contributed by atoms with Gasteiger partial charge in [-0.25, -0.2) is 0 Å². The van der Waals surface area contributed by atoms with Crippen molar-refractivity contribution in [3.63, 3.8) is 0 Å². The summed E-state index contributed by atoms with van der Waals surface area (Å²) in [6.45, 7) is 3.63. The monoisotopic (exact) mass is 323 g/mol. The van der Waals surface area contributed by atoms with Gasteiger partial charge in [-0.2, -0.15) is 0 Å². The summed E-state index contributed by atoms with van der Waals surface area (Å²) in [6, 6.07) is 17.6. The van der Waals surface area contributed by atoms with Crippen molar-refractivity contribution < 1.29 is 4.74 Å². The van der Waals surface area contributed by atoms with Gasteiger partial charge in [-0.15, -0.1) is 0 Å². The van der Waals surface area contributed by atoms with E-state index in [1.54, 1.807) is 0 Å². The van der Waals surface area contributed by atoms with Gasteiger partial charge in [-0.3, -0.25) is 0 Å². The van der Waals surface area contributed by atoms with Gasteiger partial charge in [-0.1, -0.05) is 73.7 Å². The van der Waals surface area contributed by atoms with Crippen molar-refractivity contribution in [1.82, 2.24) is 5.32 Å². The second-order valence-corrected chi connectivity index (χ2v) is 6.95. The van der Waals surface area contributed by atoms with Gasteiger partial charge in [-0.05, 0) is 31.4 Å². The highest BCUT2D eigenvalue weighted by Crippen LogP contribution is 2.22. The molecule has 24 heavy (non-hydrogen) atoms. The lowest BCUT2D eigenvalue weighted by molar-refractivity contribution is 0.301. The van der Waals surface area contributed by atoms with Gasteiger partial charge in [0.25, 0.3) is 0 Å².